The number of nitrogens with one attached hydrogen (secondary N) is 3. The van der Waals surface area contributed by atoms with E-state index in [0.29, 0.717) is 25.8 Å². The Morgan fingerprint density at radius 2 is 1.92 bits per heavy atom. The molecule has 2 rings (SSSR count). The second-order valence-electron chi connectivity index (χ2n) is 8.72. The Hall–Kier alpha value is -3.74. The molecule has 0 bridgehead atoms. The first-order valence-electron chi connectivity index (χ1n) is 11.9. The lowest BCUT2D eigenvalue weighted by molar-refractivity contribution is -0.384. The number of nitro benzene ring substituents is 1. The first-order valence-corrected chi connectivity index (χ1v) is 11.9. The fourth-order valence-electron chi connectivity index (χ4n) is 3.72. The number of fused-ring (bicyclic) bond motifs is 1. The molecule has 0 saturated carbocycles. The van der Waals surface area contributed by atoms with Gasteiger partial charge in [-0.25, -0.2) is 0 Å². The van der Waals surface area contributed by atoms with Gasteiger partial charge in [0.25, 0.3) is 11.6 Å². The first kappa shape index (κ1) is 28.5. The third kappa shape index (κ3) is 7.63. The van der Waals surface area contributed by atoms with Gasteiger partial charge in [0.05, 0.1) is 17.1 Å². The Morgan fingerprint density at radius 3 is 2.53 bits per heavy atom. The van der Waals surface area contributed by atoms with Crippen molar-refractivity contribution in [3.05, 3.63) is 33.9 Å². The van der Waals surface area contributed by atoms with Crippen LogP contribution >= 0.6 is 0 Å². The SMILES string of the molecule is CCC(C)C1NC(=O)c2cc([N+](=O)[O-])ccc2OCCC(C(N)=O)NC(=O)C(CCCCN)NC1=O. The molecule has 0 saturated heterocycles. The molecule has 0 aliphatic carbocycles. The summed E-state index contributed by atoms with van der Waals surface area (Å²) >= 11 is 0. The van der Waals surface area contributed by atoms with Crippen molar-refractivity contribution in [2.75, 3.05) is 13.2 Å². The zero-order chi connectivity index (χ0) is 26.8. The number of carbonyl (C=O) groups is 4. The van der Waals surface area contributed by atoms with Crippen LogP contribution in [-0.2, 0) is 14.4 Å². The van der Waals surface area contributed by atoms with E-state index in [1.807, 2.05) is 6.92 Å². The number of non-ortho nitro benzene ring substituents is 1. The first-order chi connectivity index (χ1) is 17.1. The predicted octanol–water partition coefficient (Wildman–Crippen LogP) is 0.106. The second kappa shape index (κ2) is 13.4. The van der Waals surface area contributed by atoms with E-state index >= 15 is 0 Å². The molecule has 198 valence electrons. The van der Waals surface area contributed by atoms with Crippen LogP contribution in [0.4, 0.5) is 5.69 Å². The summed E-state index contributed by atoms with van der Waals surface area (Å²) in [5, 5.41) is 19.2. The van der Waals surface area contributed by atoms with E-state index in [2.05, 4.69) is 16.0 Å². The van der Waals surface area contributed by atoms with Crippen LogP contribution in [0.25, 0.3) is 0 Å². The molecule has 0 radical (unpaired) electrons. The highest BCUT2D eigenvalue weighted by atomic mass is 16.6. The Bertz CT molecular complexity index is 986. The third-order valence-corrected chi connectivity index (χ3v) is 6.10. The molecule has 13 nitrogen and oxygen atoms in total. The average Bonchev–Trinajstić information content (AvgIpc) is 2.84. The monoisotopic (exact) mass is 506 g/mol. The number of nitro groups is 1. The van der Waals surface area contributed by atoms with Gasteiger partial charge >= 0.3 is 0 Å². The van der Waals surface area contributed by atoms with Crippen molar-refractivity contribution in [3.63, 3.8) is 0 Å². The van der Waals surface area contributed by atoms with Crippen molar-refractivity contribution in [2.45, 2.75) is 64.1 Å². The quantitative estimate of drug-likeness (QED) is 0.185. The van der Waals surface area contributed by atoms with Crippen molar-refractivity contribution in [1.29, 1.82) is 0 Å². The number of ether oxygens (including phenoxy) is 1. The van der Waals surface area contributed by atoms with Crippen LogP contribution in [0.15, 0.2) is 18.2 Å². The average molecular weight is 507 g/mol. The van der Waals surface area contributed by atoms with Gasteiger partial charge in [0.15, 0.2) is 0 Å². The molecule has 0 aromatic heterocycles. The highest BCUT2D eigenvalue weighted by molar-refractivity contribution is 6.01. The minimum Gasteiger partial charge on any atom is -0.493 e. The largest absolute Gasteiger partial charge is 0.493 e. The molecule has 1 heterocycles. The Labute approximate surface area is 208 Å². The molecule has 0 spiro atoms. The fourth-order valence-corrected chi connectivity index (χ4v) is 3.72. The van der Waals surface area contributed by atoms with Crippen molar-refractivity contribution in [1.82, 2.24) is 16.0 Å². The summed E-state index contributed by atoms with van der Waals surface area (Å²) in [6, 6.07) is 0.358. The Morgan fingerprint density at radius 1 is 1.19 bits per heavy atom. The van der Waals surface area contributed by atoms with E-state index in [0.717, 1.165) is 6.07 Å². The Balaban J connectivity index is 2.50. The normalized spacial score (nSPS) is 22.1. The van der Waals surface area contributed by atoms with Crippen LogP contribution in [-0.4, -0.2) is 59.8 Å². The summed E-state index contributed by atoms with van der Waals surface area (Å²) in [6.45, 7) is 3.87. The maximum Gasteiger partial charge on any atom is 0.270 e. The number of amides is 4. The Kier molecular flexibility index (Phi) is 10.6. The van der Waals surface area contributed by atoms with Gasteiger partial charge in [0.1, 0.15) is 23.9 Å². The number of hydrogen-bond donors (Lipinski definition) is 5. The van der Waals surface area contributed by atoms with Gasteiger partial charge in [-0.3, -0.25) is 29.3 Å². The molecule has 1 aromatic carbocycles. The molecule has 13 heteroatoms. The lowest BCUT2D eigenvalue weighted by Gasteiger charge is -2.28. The fraction of sp³-hybridized carbons (Fsp3) is 0.565. The number of nitrogens with two attached hydrogens (primary N) is 2. The van der Waals surface area contributed by atoms with Gasteiger partial charge in [-0.1, -0.05) is 20.3 Å². The molecule has 4 amide bonds. The van der Waals surface area contributed by atoms with Crippen LogP contribution in [0.5, 0.6) is 5.75 Å². The lowest BCUT2D eigenvalue weighted by atomic mass is 9.96. The zero-order valence-corrected chi connectivity index (χ0v) is 20.5. The van der Waals surface area contributed by atoms with Crippen molar-refractivity contribution >= 4 is 29.3 Å². The van der Waals surface area contributed by atoms with E-state index in [-0.39, 0.29) is 42.4 Å². The van der Waals surface area contributed by atoms with E-state index in [1.165, 1.54) is 12.1 Å². The molecule has 0 fully saturated rings. The number of hydrogen-bond acceptors (Lipinski definition) is 8. The number of rotatable bonds is 8. The maximum atomic E-state index is 13.3. The highest BCUT2D eigenvalue weighted by Gasteiger charge is 2.32. The van der Waals surface area contributed by atoms with E-state index in [9.17, 15) is 29.3 Å². The van der Waals surface area contributed by atoms with Gasteiger partial charge in [-0.05, 0) is 37.8 Å². The minimum absolute atomic E-state index is 0.0210. The van der Waals surface area contributed by atoms with Crippen molar-refractivity contribution < 1.29 is 28.8 Å². The van der Waals surface area contributed by atoms with E-state index < -0.39 is 46.7 Å². The zero-order valence-electron chi connectivity index (χ0n) is 20.5. The van der Waals surface area contributed by atoms with Gasteiger partial charge in [-0.15, -0.1) is 0 Å². The summed E-state index contributed by atoms with van der Waals surface area (Å²) in [5.74, 6) is -3.06. The van der Waals surface area contributed by atoms with Gasteiger partial charge in [0.2, 0.25) is 17.7 Å². The standard InChI is InChI=1S/C23H34N6O7/c1-3-13(2)19-23(33)27-17(6-4-5-10-24)22(32)26-16(20(25)30)9-11-36-18-8-7-14(29(34)35)12-15(18)21(31)28-19/h7-8,12-13,16-17,19H,3-6,9-11,24H2,1-2H3,(H2,25,30)(H,26,32)(H,27,33)(H,28,31). The topological polar surface area (TPSA) is 209 Å². The van der Waals surface area contributed by atoms with Gasteiger partial charge in [-0.2, -0.15) is 0 Å². The summed E-state index contributed by atoms with van der Waals surface area (Å²) in [7, 11) is 0. The van der Waals surface area contributed by atoms with Crippen LogP contribution in [0.2, 0.25) is 0 Å². The number of nitrogens with zero attached hydrogens (tertiary/aromatic N) is 1. The summed E-state index contributed by atoms with van der Waals surface area (Å²) in [5.41, 5.74) is 10.5. The van der Waals surface area contributed by atoms with Crippen LogP contribution in [0, 0.1) is 16.0 Å². The molecule has 4 unspecified atom stereocenters. The molecule has 1 aliphatic rings. The van der Waals surface area contributed by atoms with Crippen molar-refractivity contribution in [3.8, 4) is 5.75 Å². The molecule has 1 aliphatic heterocycles. The van der Waals surface area contributed by atoms with Gasteiger partial charge in [0, 0.05) is 18.6 Å². The number of benzene rings is 1. The maximum absolute atomic E-state index is 13.3. The lowest BCUT2D eigenvalue weighted by Crippen LogP contribution is -2.57. The number of unbranched alkanes of at least 4 members (excludes halogenated alkanes) is 1. The minimum atomic E-state index is -1.10. The van der Waals surface area contributed by atoms with Crippen LogP contribution < -0.4 is 32.2 Å². The van der Waals surface area contributed by atoms with E-state index in [1.54, 1.807) is 6.92 Å². The molecule has 1 aromatic rings. The van der Waals surface area contributed by atoms with Crippen LogP contribution in [0.3, 0.4) is 0 Å². The van der Waals surface area contributed by atoms with Crippen LogP contribution in [0.1, 0.15) is 56.3 Å². The summed E-state index contributed by atoms with van der Waals surface area (Å²) < 4.78 is 5.65. The van der Waals surface area contributed by atoms with E-state index in [4.69, 9.17) is 16.2 Å². The number of primary amides is 1. The third-order valence-electron chi connectivity index (χ3n) is 6.10. The van der Waals surface area contributed by atoms with Gasteiger partial charge < -0.3 is 32.2 Å². The molecule has 7 N–H and O–H groups in total. The summed E-state index contributed by atoms with van der Waals surface area (Å²) in [4.78, 5) is 62.1. The molecular weight excluding hydrogens is 472 g/mol. The molecular formula is C23H34N6O7. The molecule has 4 atom stereocenters. The predicted molar refractivity (Wildman–Crippen MR) is 130 cm³/mol. The second-order valence-corrected chi connectivity index (χ2v) is 8.72. The molecule has 36 heavy (non-hydrogen) atoms. The van der Waals surface area contributed by atoms with Crippen molar-refractivity contribution in [2.24, 2.45) is 17.4 Å². The highest BCUT2D eigenvalue weighted by Crippen LogP contribution is 2.25. The number of carbonyl (C=O) groups excluding carboxylic acids is 4. The smallest absolute Gasteiger partial charge is 0.270 e. The summed E-state index contributed by atoms with van der Waals surface area (Å²) in [6.07, 6.45) is 1.90.